The van der Waals surface area contributed by atoms with Gasteiger partial charge < -0.3 is 20.4 Å². The summed E-state index contributed by atoms with van der Waals surface area (Å²) in [4.78, 5) is 24.0. The molecular weight excluding hydrogens is 330 g/mol. The lowest BCUT2D eigenvalue weighted by Crippen LogP contribution is -2.28. The van der Waals surface area contributed by atoms with Gasteiger partial charge in [0.1, 0.15) is 0 Å². The molecule has 1 aromatic heterocycles. The van der Waals surface area contributed by atoms with Gasteiger partial charge in [0, 0.05) is 17.9 Å². The van der Waals surface area contributed by atoms with E-state index in [0.29, 0.717) is 12.2 Å². The zero-order valence-electron chi connectivity index (χ0n) is 14.3. The summed E-state index contributed by atoms with van der Waals surface area (Å²) in [6.07, 6.45) is 1.45. The molecule has 0 radical (unpaired) electrons. The maximum absolute atomic E-state index is 12.0. The van der Waals surface area contributed by atoms with Crippen molar-refractivity contribution >= 4 is 23.3 Å². The van der Waals surface area contributed by atoms with Crippen LogP contribution in [0.2, 0.25) is 0 Å². The lowest BCUT2D eigenvalue weighted by molar-refractivity contribution is 0.0996. The van der Waals surface area contributed by atoms with Crippen molar-refractivity contribution in [3.05, 3.63) is 83.8 Å². The minimum Gasteiger partial charge on any atom is -0.459 e. The summed E-state index contributed by atoms with van der Waals surface area (Å²) in [7, 11) is 0. The molecule has 3 aromatic rings. The molecule has 2 aromatic carbocycles. The molecule has 0 atom stereocenters. The van der Waals surface area contributed by atoms with E-state index in [1.54, 1.807) is 24.3 Å². The van der Waals surface area contributed by atoms with E-state index in [4.69, 9.17) is 4.42 Å². The quantitative estimate of drug-likeness (QED) is 0.647. The van der Waals surface area contributed by atoms with E-state index in [1.165, 1.54) is 6.26 Å². The van der Waals surface area contributed by atoms with Crippen molar-refractivity contribution in [3.63, 3.8) is 0 Å². The Morgan fingerprint density at radius 3 is 2.42 bits per heavy atom. The second kappa shape index (κ2) is 8.02. The van der Waals surface area contributed by atoms with Gasteiger partial charge in [0.05, 0.1) is 6.26 Å². The first-order valence-electron chi connectivity index (χ1n) is 8.15. The predicted octanol–water partition coefficient (Wildman–Crippen LogP) is 4.16. The topological polar surface area (TPSA) is 83.4 Å². The fourth-order valence-corrected chi connectivity index (χ4v) is 2.44. The summed E-state index contributed by atoms with van der Waals surface area (Å²) in [5, 5.41) is 8.34. The van der Waals surface area contributed by atoms with Crippen molar-refractivity contribution < 1.29 is 14.0 Å². The first kappa shape index (κ1) is 17.3. The average molecular weight is 349 g/mol. The molecule has 0 aliphatic rings. The van der Waals surface area contributed by atoms with E-state index < -0.39 is 0 Å². The Morgan fingerprint density at radius 2 is 1.69 bits per heavy atom. The maximum Gasteiger partial charge on any atom is 0.319 e. The van der Waals surface area contributed by atoms with Crippen molar-refractivity contribution in [1.82, 2.24) is 5.32 Å². The van der Waals surface area contributed by atoms with Crippen LogP contribution in [0.1, 0.15) is 21.7 Å². The second-order valence-electron chi connectivity index (χ2n) is 5.81. The molecule has 0 spiro atoms. The van der Waals surface area contributed by atoms with E-state index in [1.807, 2.05) is 43.3 Å². The molecular formula is C20H19N3O3. The molecule has 0 fully saturated rings. The van der Waals surface area contributed by atoms with Gasteiger partial charge in [-0.1, -0.05) is 24.3 Å². The van der Waals surface area contributed by atoms with Crippen LogP contribution in [0.5, 0.6) is 0 Å². The molecule has 132 valence electrons. The molecule has 0 saturated heterocycles. The molecule has 0 saturated carbocycles. The van der Waals surface area contributed by atoms with E-state index in [9.17, 15) is 9.59 Å². The van der Waals surface area contributed by atoms with Gasteiger partial charge in [-0.25, -0.2) is 4.79 Å². The van der Waals surface area contributed by atoms with Crippen LogP contribution in [0.25, 0.3) is 0 Å². The number of amides is 3. The third-order valence-electron chi connectivity index (χ3n) is 3.66. The normalized spacial score (nSPS) is 10.2. The highest BCUT2D eigenvalue weighted by molar-refractivity contribution is 6.02. The van der Waals surface area contributed by atoms with Crippen LogP contribution in [0.3, 0.4) is 0 Å². The van der Waals surface area contributed by atoms with Crippen LogP contribution >= 0.6 is 0 Å². The first-order chi connectivity index (χ1) is 12.6. The van der Waals surface area contributed by atoms with Crippen molar-refractivity contribution in [2.75, 3.05) is 10.6 Å². The van der Waals surface area contributed by atoms with E-state index in [-0.39, 0.29) is 17.7 Å². The fraction of sp³-hybridized carbons (Fsp3) is 0.100. The summed E-state index contributed by atoms with van der Waals surface area (Å²) in [5.74, 6) is -0.0802. The number of benzene rings is 2. The summed E-state index contributed by atoms with van der Waals surface area (Å²) in [6.45, 7) is 2.30. The Labute approximate surface area is 151 Å². The molecule has 1 heterocycles. The molecule has 0 aliphatic carbocycles. The Morgan fingerprint density at radius 1 is 0.923 bits per heavy atom. The van der Waals surface area contributed by atoms with Crippen LogP contribution in [0.15, 0.2) is 71.3 Å². The minimum atomic E-state index is -0.322. The number of carbonyl (C=O) groups is 2. The van der Waals surface area contributed by atoms with Crippen LogP contribution in [0.4, 0.5) is 16.2 Å². The molecule has 3 amide bonds. The van der Waals surface area contributed by atoms with Gasteiger partial charge in [-0.3, -0.25) is 4.79 Å². The molecule has 3 rings (SSSR count). The Bertz CT molecular complexity index is 904. The van der Waals surface area contributed by atoms with Gasteiger partial charge in [-0.05, 0) is 54.4 Å². The monoisotopic (exact) mass is 349 g/mol. The number of nitrogens with one attached hydrogen (secondary N) is 3. The van der Waals surface area contributed by atoms with Crippen LogP contribution < -0.4 is 16.0 Å². The van der Waals surface area contributed by atoms with Crippen LogP contribution in [-0.4, -0.2) is 11.9 Å². The maximum atomic E-state index is 12.0. The molecule has 6 nitrogen and oxygen atoms in total. The summed E-state index contributed by atoms with van der Waals surface area (Å²) < 4.78 is 5.06. The number of carbonyl (C=O) groups excluding carboxylic acids is 2. The second-order valence-corrected chi connectivity index (χ2v) is 5.81. The van der Waals surface area contributed by atoms with Gasteiger partial charge in [0.15, 0.2) is 5.76 Å². The van der Waals surface area contributed by atoms with Crippen LogP contribution in [0, 0.1) is 6.92 Å². The lowest BCUT2D eigenvalue weighted by Gasteiger charge is -2.10. The minimum absolute atomic E-state index is 0.242. The summed E-state index contributed by atoms with van der Waals surface area (Å²) in [6, 6.07) is 17.8. The van der Waals surface area contributed by atoms with E-state index in [0.717, 1.165) is 16.8 Å². The highest BCUT2D eigenvalue weighted by Gasteiger charge is 2.09. The smallest absolute Gasteiger partial charge is 0.319 e. The van der Waals surface area contributed by atoms with Crippen molar-refractivity contribution in [2.24, 2.45) is 0 Å². The number of furan rings is 1. The van der Waals surface area contributed by atoms with Gasteiger partial charge in [-0.2, -0.15) is 0 Å². The standard InChI is InChI=1S/C20H19N3O3/c1-14-5-2-7-16(11-14)23-20(25)21-13-15-6-3-8-17(12-15)22-19(24)18-9-4-10-26-18/h2-12H,13H2,1H3,(H,22,24)(H2,21,23,25). The van der Waals surface area contributed by atoms with E-state index in [2.05, 4.69) is 16.0 Å². The molecule has 0 unspecified atom stereocenters. The van der Waals surface area contributed by atoms with Crippen molar-refractivity contribution in [3.8, 4) is 0 Å². The van der Waals surface area contributed by atoms with Gasteiger partial charge >= 0.3 is 6.03 Å². The fourth-order valence-electron chi connectivity index (χ4n) is 2.44. The number of rotatable bonds is 5. The third kappa shape index (κ3) is 4.73. The van der Waals surface area contributed by atoms with Crippen molar-refractivity contribution in [1.29, 1.82) is 0 Å². The molecule has 0 aliphatic heterocycles. The highest BCUT2D eigenvalue weighted by atomic mass is 16.3. The SMILES string of the molecule is Cc1cccc(NC(=O)NCc2cccc(NC(=O)c3ccco3)c2)c1. The zero-order valence-corrected chi connectivity index (χ0v) is 14.3. The van der Waals surface area contributed by atoms with Crippen molar-refractivity contribution in [2.45, 2.75) is 13.5 Å². The molecule has 0 bridgehead atoms. The van der Waals surface area contributed by atoms with Gasteiger partial charge in [-0.15, -0.1) is 0 Å². The third-order valence-corrected chi connectivity index (χ3v) is 3.66. The first-order valence-corrected chi connectivity index (χ1v) is 8.15. The average Bonchev–Trinajstić information content (AvgIpc) is 3.15. The highest BCUT2D eigenvalue weighted by Crippen LogP contribution is 2.13. The van der Waals surface area contributed by atoms with E-state index >= 15 is 0 Å². The number of hydrogen-bond acceptors (Lipinski definition) is 3. The number of urea groups is 1. The Balaban J connectivity index is 1.55. The largest absolute Gasteiger partial charge is 0.459 e. The van der Waals surface area contributed by atoms with Crippen LogP contribution in [-0.2, 0) is 6.54 Å². The van der Waals surface area contributed by atoms with Gasteiger partial charge in [0.25, 0.3) is 5.91 Å². The number of hydrogen-bond donors (Lipinski definition) is 3. The number of aryl methyl sites for hydroxylation is 1. The summed E-state index contributed by atoms with van der Waals surface area (Å²) in [5.41, 5.74) is 3.30. The predicted molar refractivity (Wildman–Crippen MR) is 100 cm³/mol. The number of anilines is 2. The molecule has 26 heavy (non-hydrogen) atoms. The molecule has 6 heteroatoms. The zero-order chi connectivity index (χ0) is 18.4. The Kier molecular flexibility index (Phi) is 5.34. The lowest BCUT2D eigenvalue weighted by atomic mass is 10.2. The summed E-state index contributed by atoms with van der Waals surface area (Å²) >= 11 is 0. The molecule has 3 N–H and O–H groups in total. The Hall–Kier alpha value is -3.54. The van der Waals surface area contributed by atoms with Gasteiger partial charge in [0.2, 0.25) is 0 Å².